The number of nitrogen functional groups attached to an aromatic ring is 1. The van der Waals surface area contributed by atoms with Gasteiger partial charge in [0.2, 0.25) is 5.91 Å². The number of benzene rings is 1. The Morgan fingerprint density at radius 2 is 2.27 bits per heavy atom. The molecule has 1 atom stereocenters. The van der Waals surface area contributed by atoms with E-state index in [4.69, 9.17) is 5.73 Å². The first-order valence-electron chi connectivity index (χ1n) is 4.91. The first-order valence-corrected chi connectivity index (χ1v) is 4.91. The summed E-state index contributed by atoms with van der Waals surface area (Å²) in [4.78, 5) is 11.5. The quantitative estimate of drug-likeness (QED) is 0.752. The van der Waals surface area contributed by atoms with Gasteiger partial charge in [-0.1, -0.05) is 19.9 Å². The molecule has 0 aliphatic rings. The molecule has 0 aromatic heterocycles. The van der Waals surface area contributed by atoms with Crippen LogP contribution in [0.5, 0.6) is 0 Å². The number of rotatable bonds is 3. The van der Waals surface area contributed by atoms with Crippen molar-refractivity contribution in [2.24, 2.45) is 5.92 Å². The van der Waals surface area contributed by atoms with Gasteiger partial charge in [0.25, 0.3) is 0 Å². The number of halogens is 1. The summed E-state index contributed by atoms with van der Waals surface area (Å²) in [6, 6.07) is 4.32. The molecule has 0 saturated heterocycles. The zero-order chi connectivity index (χ0) is 11.4. The Kier molecular flexibility index (Phi) is 3.66. The Morgan fingerprint density at radius 1 is 1.60 bits per heavy atom. The maximum atomic E-state index is 13.3. The molecule has 15 heavy (non-hydrogen) atoms. The van der Waals surface area contributed by atoms with E-state index in [0.717, 1.165) is 0 Å². The van der Waals surface area contributed by atoms with Crippen LogP contribution in [0.15, 0.2) is 18.2 Å². The van der Waals surface area contributed by atoms with Crippen LogP contribution in [0.1, 0.15) is 20.3 Å². The van der Waals surface area contributed by atoms with Crippen molar-refractivity contribution in [3.05, 3.63) is 24.0 Å². The average Bonchev–Trinajstić information content (AvgIpc) is 2.22. The molecular weight excluding hydrogens is 195 g/mol. The standard InChI is InChI=1S/C11H15FN2O/c1-3-7(2)11(15)14-10-8(12)5-4-6-9(10)13/h4-7H,3,13H2,1-2H3,(H,14,15). The normalized spacial score (nSPS) is 12.2. The number of hydrogen-bond acceptors (Lipinski definition) is 2. The van der Waals surface area contributed by atoms with Crippen molar-refractivity contribution in [3.63, 3.8) is 0 Å². The smallest absolute Gasteiger partial charge is 0.227 e. The predicted molar refractivity (Wildman–Crippen MR) is 58.9 cm³/mol. The highest BCUT2D eigenvalue weighted by Gasteiger charge is 2.14. The summed E-state index contributed by atoms with van der Waals surface area (Å²) < 4.78 is 13.3. The van der Waals surface area contributed by atoms with Crippen LogP contribution in [0.3, 0.4) is 0 Å². The van der Waals surface area contributed by atoms with Crippen molar-refractivity contribution in [3.8, 4) is 0 Å². The monoisotopic (exact) mass is 210 g/mol. The summed E-state index contributed by atoms with van der Waals surface area (Å²) in [6.07, 6.45) is 0.709. The Morgan fingerprint density at radius 3 is 2.80 bits per heavy atom. The molecule has 0 heterocycles. The van der Waals surface area contributed by atoms with Crippen molar-refractivity contribution < 1.29 is 9.18 Å². The third kappa shape index (κ3) is 2.68. The Labute approximate surface area is 88.5 Å². The Hall–Kier alpha value is -1.58. The molecule has 0 aliphatic carbocycles. The third-order valence-electron chi connectivity index (χ3n) is 2.35. The van der Waals surface area contributed by atoms with Crippen LogP contribution in [0.2, 0.25) is 0 Å². The van der Waals surface area contributed by atoms with Gasteiger partial charge in [-0.3, -0.25) is 4.79 Å². The van der Waals surface area contributed by atoms with E-state index in [-0.39, 0.29) is 23.2 Å². The summed E-state index contributed by atoms with van der Waals surface area (Å²) >= 11 is 0. The van der Waals surface area contributed by atoms with Gasteiger partial charge in [-0.25, -0.2) is 4.39 Å². The van der Waals surface area contributed by atoms with Gasteiger partial charge in [0.15, 0.2) is 0 Å². The summed E-state index contributed by atoms with van der Waals surface area (Å²) in [7, 11) is 0. The molecule has 1 amide bonds. The van der Waals surface area contributed by atoms with Gasteiger partial charge in [0.1, 0.15) is 11.5 Å². The molecule has 0 radical (unpaired) electrons. The van der Waals surface area contributed by atoms with Crippen LogP contribution < -0.4 is 11.1 Å². The van der Waals surface area contributed by atoms with Gasteiger partial charge < -0.3 is 11.1 Å². The van der Waals surface area contributed by atoms with Crippen molar-refractivity contribution >= 4 is 17.3 Å². The van der Waals surface area contributed by atoms with Crippen molar-refractivity contribution in [2.45, 2.75) is 20.3 Å². The van der Waals surface area contributed by atoms with Gasteiger partial charge in [-0.15, -0.1) is 0 Å². The molecule has 4 heteroatoms. The summed E-state index contributed by atoms with van der Waals surface area (Å²) in [5.74, 6) is -0.870. The first kappa shape index (κ1) is 11.5. The van der Waals surface area contributed by atoms with Crippen molar-refractivity contribution in [1.29, 1.82) is 0 Å². The lowest BCUT2D eigenvalue weighted by molar-refractivity contribution is -0.119. The molecular formula is C11H15FN2O. The number of carbonyl (C=O) groups excluding carboxylic acids is 1. The second kappa shape index (κ2) is 4.77. The maximum Gasteiger partial charge on any atom is 0.227 e. The molecule has 1 aromatic carbocycles. The Bertz CT molecular complexity index is 345. The average molecular weight is 210 g/mol. The number of hydrogen-bond donors (Lipinski definition) is 2. The van der Waals surface area contributed by atoms with E-state index >= 15 is 0 Å². The van der Waals surface area contributed by atoms with Crippen LogP contribution in [0, 0.1) is 11.7 Å². The second-order valence-corrected chi connectivity index (χ2v) is 3.50. The van der Waals surface area contributed by atoms with E-state index in [1.807, 2.05) is 6.92 Å². The largest absolute Gasteiger partial charge is 0.397 e. The number of para-hydroxylation sites is 1. The maximum absolute atomic E-state index is 13.3. The van der Waals surface area contributed by atoms with E-state index in [0.29, 0.717) is 6.42 Å². The zero-order valence-electron chi connectivity index (χ0n) is 8.88. The predicted octanol–water partition coefficient (Wildman–Crippen LogP) is 2.39. The van der Waals surface area contributed by atoms with Crippen LogP contribution >= 0.6 is 0 Å². The third-order valence-corrected chi connectivity index (χ3v) is 2.35. The van der Waals surface area contributed by atoms with Crippen molar-refractivity contribution in [2.75, 3.05) is 11.1 Å². The molecule has 0 bridgehead atoms. The lowest BCUT2D eigenvalue weighted by Crippen LogP contribution is -2.21. The topological polar surface area (TPSA) is 55.1 Å². The van der Waals surface area contributed by atoms with Crippen molar-refractivity contribution in [1.82, 2.24) is 0 Å². The molecule has 0 aliphatic heterocycles. The van der Waals surface area contributed by atoms with Gasteiger partial charge >= 0.3 is 0 Å². The molecule has 1 aromatic rings. The minimum Gasteiger partial charge on any atom is -0.397 e. The number of carbonyl (C=O) groups is 1. The van der Waals surface area contributed by atoms with E-state index in [9.17, 15) is 9.18 Å². The Balaban J connectivity index is 2.85. The van der Waals surface area contributed by atoms with E-state index < -0.39 is 5.82 Å². The summed E-state index contributed by atoms with van der Waals surface area (Å²) in [5, 5.41) is 2.49. The van der Waals surface area contributed by atoms with E-state index in [1.54, 1.807) is 13.0 Å². The second-order valence-electron chi connectivity index (χ2n) is 3.50. The number of anilines is 2. The zero-order valence-corrected chi connectivity index (χ0v) is 8.88. The highest BCUT2D eigenvalue weighted by atomic mass is 19.1. The van der Waals surface area contributed by atoms with Crippen LogP contribution in [-0.2, 0) is 4.79 Å². The van der Waals surface area contributed by atoms with Crippen LogP contribution in [0.25, 0.3) is 0 Å². The minimum absolute atomic E-state index is 0.0720. The molecule has 1 unspecified atom stereocenters. The van der Waals surface area contributed by atoms with Gasteiger partial charge in [0, 0.05) is 5.92 Å². The van der Waals surface area contributed by atoms with Gasteiger partial charge in [-0.2, -0.15) is 0 Å². The lowest BCUT2D eigenvalue weighted by Gasteiger charge is -2.12. The van der Waals surface area contributed by atoms with Crippen LogP contribution in [-0.4, -0.2) is 5.91 Å². The van der Waals surface area contributed by atoms with E-state index in [1.165, 1.54) is 12.1 Å². The fourth-order valence-corrected chi connectivity index (χ4v) is 1.10. The minimum atomic E-state index is -0.508. The number of nitrogens with two attached hydrogens (primary N) is 1. The number of amides is 1. The summed E-state index contributed by atoms with van der Waals surface area (Å²) in [6.45, 7) is 3.68. The molecule has 3 N–H and O–H groups in total. The molecule has 82 valence electrons. The molecule has 0 fully saturated rings. The van der Waals surface area contributed by atoms with Crippen LogP contribution in [0.4, 0.5) is 15.8 Å². The number of nitrogens with one attached hydrogen (secondary N) is 1. The SMILES string of the molecule is CCC(C)C(=O)Nc1c(N)cccc1F. The molecule has 0 saturated carbocycles. The molecule has 1 rings (SSSR count). The summed E-state index contributed by atoms with van der Waals surface area (Å²) in [5.41, 5.74) is 5.87. The highest BCUT2D eigenvalue weighted by molar-refractivity contribution is 5.95. The highest BCUT2D eigenvalue weighted by Crippen LogP contribution is 2.22. The van der Waals surface area contributed by atoms with Gasteiger partial charge in [-0.05, 0) is 18.6 Å². The van der Waals surface area contributed by atoms with E-state index in [2.05, 4.69) is 5.32 Å². The fourth-order valence-electron chi connectivity index (χ4n) is 1.10. The van der Waals surface area contributed by atoms with Gasteiger partial charge in [0.05, 0.1) is 5.69 Å². The molecule has 0 spiro atoms. The fraction of sp³-hybridized carbons (Fsp3) is 0.364. The molecule has 3 nitrogen and oxygen atoms in total. The first-order chi connectivity index (χ1) is 7.06. The lowest BCUT2D eigenvalue weighted by atomic mass is 10.1.